The summed E-state index contributed by atoms with van der Waals surface area (Å²) in [5, 5.41) is 2.07. The zero-order valence-electron chi connectivity index (χ0n) is 19.7. The molecule has 174 valence electrons. The van der Waals surface area contributed by atoms with Crippen molar-refractivity contribution in [3.63, 3.8) is 0 Å². The number of nitrogens with zero attached hydrogens (tertiary/aromatic N) is 2. The lowest BCUT2D eigenvalue weighted by Gasteiger charge is -2.38. The number of rotatable bonds is 9. The number of benzene rings is 1. The van der Waals surface area contributed by atoms with Crippen LogP contribution in [0.4, 0.5) is 0 Å². The summed E-state index contributed by atoms with van der Waals surface area (Å²) < 4.78 is 11.5. The largest absolute Gasteiger partial charge is 0.493 e. The van der Waals surface area contributed by atoms with Crippen molar-refractivity contribution in [3.05, 3.63) is 46.2 Å². The molecule has 0 aliphatic carbocycles. The number of ether oxygens (including phenoxy) is 2. The van der Waals surface area contributed by atoms with E-state index in [1.165, 1.54) is 4.88 Å². The molecular formula is C25H34N2O4S. The zero-order valence-corrected chi connectivity index (χ0v) is 20.5. The van der Waals surface area contributed by atoms with E-state index in [2.05, 4.69) is 11.4 Å². The summed E-state index contributed by atoms with van der Waals surface area (Å²) in [5.41, 5.74) is 1.13. The van der Waals surface area contributed by atoms with Crippen LogP contribution in [0.25, 0.3) is 0 Å². The van der Waals surface area contributed by atoms with E-state index < -0.39 is 0 Å². The molecule has 1 unspecified atom stereocenters. The fourth-order valence-electron chi connectivity index (χ4n) is 4.04. The van der Waals surface area contributed by atoms with Gasteiger partial charge in [-0.25, -0.2) is 0 Å². The van der Waals surface area contributed by atoms with Crippen molar-refractivity contribution in [2.24, 2.45) is 5.92 Å². The highest BCUT2D eigenvalue weighted by Gasteiger charge is 2.34. The molecule has 1 aromatic heterocycles. The van der Waals surface area contributed by atoms with Crippen LogP contribution < -0.4 is 9.47 Å². The van der Waals surface area contributed by atoms with E-state index in [0.29, 0.717) is 31.1 Å². The van der Waals surface area contributed by atoms with Crippen LogP contribution >= 0.6 is 11.3 Å². The summed E-state index contributed by atoms with van der Waals surface area (Å²) in [6.45, 7) is 9.00. The lowest BCUT2D eigenvalue weighted by Crippen LogP contribution is -2.49. The third-order valence-electron chi connectivity index (χ3n) is 5.71. The standard InChI is InChI=1S/C25H34N2O4S/c1-17(2)14-24(28)27(18(3)4)15-25(29)26-12-10-23-19(11-13-32-23)20(26)16-31-22-9-7-6-8-21(22)30-5/h6-9,11,13,17-18,20H,10,12,14-16H2,1-5H3. The number of fused-ring (bicyclic) bond motifs is 1. The van der Waals surface area contributed by atoms with Gasteiger partial charge in [-0.05, 0) is 55.3 Å². The molecule has 0 radical (unpaired) electrons. The third-order valence-corrected chi connectivity index (χ3v) is 6.71. The molecule has 2 aromatic rings. The Morgan fingerprint density at radius 1 is 1.16 bits per heavy atom. The van der Waals surface area contributed by atoms with Crippen LogP contribution in [0.5, 0.6) is 11.5 Å². The monoisotopic (exact) mass is 458 g/mol. The molecular weight excluding hydrogens is 424 g/mol. The van der Waals surface area contributed by atoms with Gasteiger partial charge in [0.25, 0.3) is 0 Å². The number of hydrogen-bond acceptors (Lipinski definition) is 5. The molecule has 0 bridgehead atoms. The molecule has 0 fully saturated rings. The second-order valence-electron chi connectivity index (χ2n) is 8.83. The van der Waals surface area contributed by atoms with Crippen molar-refractivity contribution in [2.75, 3.05) is 26.8 Å². The molecule has 6 nitrogen and oxygen atoms in total. The van der Waals surface area contributed by atoms with Crippen LogP contribution in [0.1, 0.15) is 50.6 Å². The van der Waals surface area contributed by atoms with Gasteiger partial charge in [0.15, 0.2) is 11.5 Å². The predicted octanol–water partition coefficient (Wildman–Crippen LogP) is 4.54. The maximum Gasteiger partial charge on any atom is 0.242 e. The average Bonchev–Trinajstić information content (AvgIpc) is 3.24. The van der Waals surface area contributed by atoms with Gasteiger partial charge in [-0.2, -0.15) is 0 Å². The van der Waals surface area contributed by atoms with Crippen LogP contribution in [0.2, 0.25) is 0 Å². The molecule has 7 heteroatoms. The maximum atomic E-state index is 13.4. The van der Waals surface area contributed by atoms with Crippen molar-refractivity contribution >= 4 is 23.2 Å². The van der Waals surface area contributed by atoms with Crippen LogP contribution in [-0.2, 0) is 16.0 Å². The number of methoxy groups -OCH3 is 1. The number of thiophene rings is 1. The number of carbonyl (C=O) groups excluding carboxylic acids is 2. The van der Waals surface area contributed by atoms with Crippen molar-refractivity contribution in [3.8, 4) is 11.5 Å². The Kier molecular flexibility index (Phi) is 8.18. The lowest BCUT2D eigenvalue weighted by molar-refractivity contribution is -0.144. The van der Waals surface area contributed by atoms with Gasteiger partial charge in [0.2, 0.25) is 11.8 Å². The minimum Gasteiger partial charge on any atom is -0.493 e. The van der Waals surface area contributed by atoms with Gasteiger partial charge in [0, 0.05) is 23.9 Å². The highest BCUT2D eigenvalue weighted by molar-refractivity contribution is 7.10. The fourth-order valence-corrected chi connectivity index (χ4v) is 4.97. The maximum absolute atomic E-state index is 13.4. The van der Waals surface area contributed by atoms with Crippen LogP contribution in [0.3, 0.4) is 0 Å². The summed E-state index contributed by atoms with van der Waals surface area (Å²) >= 11 is 1.72. The van der Waals surface area contributed by atoms with E-state index in [9.17, 15) is 9.59 Å². The van der Waals surface area contributed by atoms with Crippen molar-refractivity contribution in [1.82, 2.24) is 9.80 Å². The van der Waals surface area contributed by atoms with E-state index in [4.69, 9.17) is 9.47 Å². The Hall–Kier alpha value is -2.54. The molecule has 1 aliphatic heterocycles. The smallest absolute Gasteiger partial charge is 0.242 e. The van der Waals surface area contributed by atoms with Crippen LogP contribution in [0.15, 0.2) is 35.7 Å². The second kappa shape index (κ2) is 10.9. The summed E-state index contributed by atoms with van der Waals surface area (Å²) in [7, 11) is 1.62. The molecule has 0 spiro atoms. The summed E-state index contributed by atoms with van der Waals surface area (Å²) in [5.74, 6) is 1.56. The van der Waals surface area contributed by atoms with Gasteiger partial charge in [-0.15, -0.1) is 11.3 Å². The summed E-state index contributed by atoms with van der Waals surface area (Å²) in [6.07, 6.45) is 1.27. The van der Waals surface area contributed by atoms with Gasteiger partial charge >= 0.3 is 0 Å². The quantitative estimate of drug-likeness (QED) is 0.553. The Balaban J connectivity index is 1.78. The summed E-state index contributed by atoms with van der Waals surface area (Å²) in [6, 6.07) is 9.38. The first-order valence-electron chi connectivity index (χ1n) is 11.2. The minimum absolute atomic E-state index is 0.0263. The fraction of sp³-hybridized carbons (Fsp3) is 0.520. The highest BCUT2D eigenvalue weighted by Crippen LogP contribution is 2.35. The molecule has 0 saturated heterocycles. The highest BCUT2D eigenvalue weighted by atomic mass is 32.1. The van der Waals surface area contributed by atoms with Gasteiger partial charge in [0.1, 0.15) is 6.61 Å². The van der Waals surface area contributed by atoms with Crippen molar-refractivity contribution < 1.29 is 19.1 Å². The first-order chi connectivity index (χ1) is 15.3. The van der Waals surface area contributed by atoms with Crippen molar-refractivity contribution in [1.29, 1.82) is 0 Å². The van der Waals surface area contributed by atoms with Crippen LogP contribution in [-0.4, -0.2) is 54.5 Å². The number of amides is 2. The van der Waals surface area contributed by atoms with Gasteiger partial charge in [-0.1, -0.05) is 26.0 Å². The number of hydrogen-bond donors (Lipinski definition) is 0. The van der Waals surface area contributed by atoms with E-state index in [0.717, 1.165) is 12.0 Å². The van der Waals surface area contributed by atoms with Gasteiger partial charge < -0.3 is 19.3 Å². The SMILES string of the molecule is COc1ccccc1OCC1c2ccsc2CCN1C(=O)CN(C(=O)CC(C)C)C(C)C. The molecule has 3 rings (SSSR count). The topological polar surface area (TPSA) is 59.1 Å². The Morgan fingerprint density at radius 3 is 2.53 bits per heavy atom. The lowest BCUT2D eigenvalue weighted by atomic mass is 10.00. The molecule has 0 saturated carbocycles. The van der Waals surface area contributed by atoms with Crippen molar-refractivity contribution in [2.45, 2.75) is 52.6 Å². The Labute approximate surface area is 195 Å². The Morgan fingerprint density at radius 2 is 1.88 bits per heavy atom. The molecule has 1 aliphatic rings. The zero-order chi connectivity index (χ0) is 23.3. The summed E-state index contributed by atoms with van der Waals surface area (Å²) in [4.78, 5) is 31.1. The first kappa shape index (κ1) is 24.1. The van der Waals surface area contributed by atoms with E-state index in [1.54, 1.807) is 23.3 Å². The van der Waals surface area contributed by atoms with Gasteiger partial charge in [0.05, 0.1) is 19.7 Å². The van der Waals surface area contributed by atoms with Gasteiger partial charge in [-0.3, -0.25) is 9.59 Å². The van der Waals surface area contributed by atoms with E-state index in [1.807, 2.05) is 56.9 Å². The Bertz CT molecular complexity index is 924. The van der Waals surface area contributed by atoms with Crippen LogP contribution in [0, 0.1) is 5.92 Å². The number of carbonyl (C=O) groups is 2. The first-order valence-corrected chi connectivity index (χ1v) is 12.1. The predicted molar refractivity (Wildman–Crippen MR) is 127 cm³/mol. The molecule has 2 amide bonds. The molecule has 32 heavy (non-hydrogen) atoms. The number of para-hydroxylation sites is 2. The average molecular weight is 459 g/mol. The van der Waals surface area contributed by atoms with E-state index in [-0.39, 0.29) is 36.4 Å². The minimum atomic E-state index is -0.198. The normalized spacial score (nSPS) is 15.6. The molecule has 1 aromatic carbocycles. The molecule has 0 N–H and O–H groups in total. The second-order valence-corrected chi connectivity index (χ2v) is 9.83. The molecule has 2 heterocycles. The third kappa shape index (κ3) is 5.63. The molecule has 1 atom stereocenters. The van der Waals surface area contributed by atoms with E-state index >= 15 is 0 Å².